The lowest BCUT2D eigenvalue weighted by molar-refractivity contribution is 0.601. The summed E-state index contributed by atoms with van der Waals surface area (Å²) in [4.78, 5) is 3.60. The van der Waals surface area contributed by atoms with Crippen molar-refractivity contribution < 1.29 is 8.42 Å². The van der Waals surface area contributed by atoms with E-state index in [0.717, 1.165) is 0 Å². The van der Waals surface area contributed by atoms with Crippen LogP contribution in [0.3, 0.4) is 0 Å². The second kappa shape index (κ2) is 5.24. The van der Waals surface area contributed by atoms with E-state index in [9.17, 15) is 8.42 Å². The third kappa shape index (κ3) is 3.09. The fourth-order valence-electron chi connectivity index (χ4n) is 1.49. The molecule has 0 amide bonds. The Morgan fingerprint density at radius 3 is 2.58 bits per heavy atom. The lowest BCUT2D eigenvalue weighted by Crippen LogP contribution is -2.15. The van der Waals surface area contributed by atoms with Crippen molar-refractivity contribution in [1.82, 2.24) is 4.98 Å². The van der Waals surface area contributed by atoms with Gasteiger partial charge in [0.25, 0.3) is 10.0 Å². The number of hydrogen-bond donors (Lipinski definition) is 2. The van der Waals surface area contributed by atoms with Gasteiger partial charge in [-0.1, -0.05) is 23.2 Å². The molecule has 0 spiro atoms. The van der Waals surface area contributed by atoms with Gasteiger partial charge < -0.3 is 5.73 Å². The number of aromatic nitrogens is 1. The Balaban J connectivity index is 2.46. The van der Waals surface area contributed by atoms with Crippen LogP contribution in [0.5, 0.6) is 0 Å². The van der Waals surface area contributed by atoms with Crippen LogP contribution in [0.15, 0.2) is 41.6 Å². The highest BCUT2D eigenvalue weighted by Gasteiger charge is 2.22. The van der Waals surface area contributed by atoms with Gasteiger partial charge >= 0.3 is 0 Å². The zero-order chi connectivity index (χ0) is 14.0. The molecule has 1 aromatic carbocycles. The predicted octanol–water partition coefficient (Wildman–Crippen LogP) is 2.77. The van der Waals surface area contributed by atoms with Gasteiger partial charge in [0.15, 0.2) is 0 Å². The Morgan fingerprint density at radius 2 is 2.00 bits per heavy atom. The van der Waals surface area contributed by atoms with Crippen LogP contribution in [0.4, 0.5) is 11.4 Å². The van der Waals surface area contributed by atoms with Crippen molar-refractivity contribution in [2.75, 3.05) is 10.5 Å². The van der Waals surface area contributed by atoms with Crippen molar-refractivity contribution in [2.45, 2.75) is 4.90 Å². The zero-order valence-electron chi connectivity index (χ0n) is 9.47. The van der Waals surface area contributed by atoms with Gasteiger partial charge in [-0.15, -0.1) is 0 Å². The van der Waals surface area contributed by atoms with E-state index in [1.807, 2.05) is 0 Å². The summed E-state index contributed by atoms with van der Waals surface area (Å²) in [5.74, 6) is 0. The Labute approximate surface area is 120 Å². The number of halogens is 2. The van der Waals surface area contributed by atoms with Crippen molar-refractivity contribution in [3.05, 3.63) is 46.7 Å². The third-order valence-corrected chi connectivity index (χ3v) is 4.35. The molecule has 1 heterocycles. The Hall–Kier alpha value is -1.50. The molecule has 0 atom stereocenters. The smallest absolute Gasteiger partial charge is 0.265 e. The molecular formula is C11H9Cl2N3O2S. The topological polar surface area (TPSA) is 85.1 Å². The summed E-state index contributed by atoms with van der Waals surface area (Å²) in [6.45, 7) is 0. The van der Waals surface area contributed by atoms with Gasteiger partial charge in [0.2, 0.25) is 0 Å². The van der Waals surface area contributed by atoms with Crippen LogP contribution in [0.2, 0.25) is 10.0 Å². The van der Waals surface area contributed by atoms with Gasteiger partial charge in [-0.05, 0) is 24.3 Å². The number of rotatable bonds is 3. The van der Waals surface area contributed by atoms with E-state index in [-0.39, 0.29) is 20.6 Å². The van der Waals surface area contributed by atoms with Crippen LogP contribution in [-0.2, 0) is 10.0 Å². The van der Waals surface area contributed by atoms with Crippen LogP contribution in [0.1, 0.15) is 0 Å². The van der Waals surface area contributed by atoms with E-state index < -0.39 is 10.0 Å². The lowest BCUT2D eigenvalue weighted by atomic mass is 10.3. The highest BCUT2D eigenvalue weighted by atomic mass is 35.5. The molecule has 2 rings (SSSR count). The Bertz CT molecular complexity index is 682. The molecule has 0 aliphatic heterocycles. The average Bonchev–Trinajstić information content (AvgIpc) is 2.27. The van der Waals surface area contributed by atoms with Gasteiger partial charge in [-0.2, -0.15) is 0 Å². The third-order valence-electron chi connectivity index (χ3n) is 2.22. The monoisotopic (exact) mass is 317 g/mol. The molecule has 0 radical (unpaired) electrons. The van der Waals surface area contributed by atoms with Gasteiger partial charge in [-0.25, -0.2) is 8.42 Å². The summed E-state index contributed by atoms with van der Waals surface area (Å²) in [7, 11) is -3.90. The number of anilines is 2. The number of benzene rings is 1. The molecule has 2 aromatic rings. The molecule has 19 heavy (non-hydrogen) atoms. The van der Waals surface area contributed by atoms with E-state index in [0.29, 0.717) is 5.69 Å². The van der Waals surface area contributed by atoms with Gasteiger partial charge in [0, 0.05) is 11.2 Å². The summed E-state index contributed by atoms with van der Waals surface area (Å²) in [6, 6.07) is 5.80. The number of nitrogens with two attached hydrogens (primary N) is 1. The number of nitrogen functional groups attached to an aromatic ring is 1. The minimum atomic E-state index is -3.90. The molecule has 0 aliphatic carbocycles. The first-order valence-corrected chi connectivity index (χ1v) is 7.31. The fraction of sp³-hybridized carbons (Fsp3) is 0. The maximum atomic E-state index is 12.2. The maximum Gasteiger partial charge on any atom is 0.265 e. The molecule has 3 N–H and O–H groups in total. The highest BCUT2D eigenvalue weighted by Crippen LogP contribution is 2.32. The minimum absolute atomic E-state index is 0.0195. The molecule has 0 fully saturated rings. The van der Waals surface area contributed by atoms with Crippen LogP contribution < -0.4 is 10.5 Å². The average molecular weight is 318 g/mol. The van der Waals surface area contributed by atoms with Crippen LogP contribution in [-0.4, -0.2) is 13.4 Å². The van der Waals surface area contributed by atoms with Crippen LogP contribution in [0, 0.1) is 0 Å². The van der Waals surface area contributed by atoms with Crippen molar-refractivity contribution in [2.24, 2.45) is 0 Å². The summed E-state index contributed by atoms with van der Waals surface area (Å²) in [5.41, 5.74) is 5.95. The molecule has 1 aromatic heterocycles. The Morgan fingerprint density at radius 1 is 1.26 bits per heavy atom. The summed E-state index contributed by atoms with van der Waals surface area (Å²) < 4.78 is 26.8. The number of nitrogens with one attached hydrogen (secondary N) is 1. The lowest BCUT2D eigenvalue weighted by Gasteiger charge is -2.11. The zero-order valence-corrected chi connectivity index (χ0v) is 11.8. The normalized spacial score (nSPS) is 11.3. The first kappa shape index (κ1) is 13.9. The van der Waals surface area contributed by atoms with Crippen molar-refractivity contribution in [3.8, 4) is 0 Å². The van der Waals surface area contributed by atoms with Crippen LogP contribution >= 0.6 is 23.2 Å². The molecule has 0 aliphatic rings. The van der Waals surface area contributed by atoms with Gasteiger partial charge in [0.1, 0.15) is 4.90 Å². The molecule has 0 saturated carbocycles. The number of nitrogens with zero attached hydrogens (tertiary/aromatic N) is 1. The van der Waals surface area contributed by atoms with Crippen LogP contribution in [0.25, 0.3) is 0 Å². The van der Waals surface area contributed by atoms with E-state index in [2.05, 4.69) is 9.71 Å². The van der Waals surface area contributed by atoms with Crippen molar-refractivity contribution >= 4 is 44.6 Å². The predicted molar refractivity (Wildman–Crippen MR) is 75.9 cm³/mol. The Kier molecular flexibility index (Phi) is 3.84. The first-order valence-electron chi connectivity index (χ1n) is 5.07. The molecular weight excluding hydrogens is 309 g/mol. The SMILES string of the molecule is Nc1cc(Cl)cc(Cl)c1S(=O)(=O)Nc1cccnc1. The molecule has 0 unspecified atom stereocenters. The quantitative estimate of drug-likeness (QED) is 0.852. The largest absolute Gasteiger partial charge is 0.398 e. The first-order chi connectivity index (χ1) is 8.90. The molecule has 100 valence electrons. The number of sulfonamides is 1. The van der Waals surface area contributed by atoms with Crippen molar-refractivity contribution in [1.29, 1.82) is 0 Å². The summed E-state index contributed by atoms with van der Waals surface area (Å²) >= 11 is 11.6. The summed E-state index contributed by atoms with van der Waals surface area (Å²) in [6.07, 6.45) is 2.90. The number of hydrogen-bond acceptors (Lipinski definition) is 4. The molecule has 0 bridgehead atoms. The van der Waals surface area contributed by atoms with E-state index >= 15 is 0 Å². The fourth-order valence-corrected chi connectivity index (χ4v) is 3.52. The molecule has 5 nitrogen and oxygen atoms in total. The summed E-state index contributed by atoms with van der Waals surface area (Å²) in [5, 5.41) is 0.226. The number of pyridine rings is 1. The van der Waals surface area contributed by atoms with E-state index in [1.54, 1.807) is 12.1 Å². The van der Waals surface area contributed by atoms with Crippen molar-refractivity contribution in [3.63, 3.8) is 0 Å². The maximum absolute atomic E-state index is 12.2. The minimum Gasteiger partial charge on any atom is -0.398 e. The van der Waals surface area contributed by atoms with E-state index in [1.165, 1.54) is 24.5 Å². The van der Waals surface area contributed by atoms with E-state index in [4.69, 9.17) is 28.9 Å². The standard InChI is InChI=1S/C11H9Cl2N3O2S/c12-7-4-9(13)11(10(14)5-7)19(17,18)16-8-2-1-3-15-6-8/h1-6,16H,14H2. The second-order valence-electron chi connectivity index (χ2n) is 3.65. The van der Waals surface area contributed by atoms with Gasteiger partial charge in [-0.3, -0.25) is 9.71 Å². The molecule has 0 saturated heterocycles. The molecule has 8 heteroatoms. The van der Waals surface area contributed by atoms with Gasteiger partial charge in [0.05, 0.1) is 22.6 Å². The second-order valence-corrected chi connectivity index (χ2v) is 6.12. The highest BCUT2D eigenvalue weighted by molar-refractivity contribution is 7.93.